The first kappa shape index (κ1) is 28.7. The molecule has 0 saturated carbocycles. The molecule has 2 aromatic carbocycles. The molecule has 9 nitrogen and oxygen atoms in total. The zero-order valence-corrected chi connectivity index (χ0v) is 20.8. The molecule has 10 heteroatoms. The standard InChI is InChI=1S/C25H37N3O6S/c26-35(32,33)22-10-6-8-20(16-22)9-7-15-34-14-5-3-1-2-4-13-27-18-25(31)21-11-12-24(30)23(17-21)28-19-29/h6,8,10-12,16-17,19,25,27,30-31H,1-5,7,9,13-15,18H2,(H,28,29)(H2,26,32,33)/t25-/m0/s1. The van der Waals surface area contributed by atoms with Crippen molar-refractivity contribution < 1.29 is 28.2 Å². The van der Waals surface area contributed by atoms with Crippen LogP contribution in [0, 0.1) is 0 Å². The van der Waals surface area contributed by atoms with Crippen LogP contribution in [0.1, 0.15) is 55.8 Å². The van der Waals surface area contributed by atoms with E-state index < -0.39 is 16.1 Å². The molecule has 6 N–H and O–H groups in total. The number of unbranched alkanes of at least 4 members (excludes halogenated alkanes) is 4. The Morgan fingerprint density at radius 3 is 2.51 bits per heavy atom. The van der Waals surface area contributed by atoms with Gasteiger partial charge in [-0.25, -0.2) is 13.6 Å². The van der Waals surface area contributed by atoms with Gasteiger partial charge in [-0.15, -0.1) is 0 Å². The number of aliphatic hydroxyl groups is 1. The van der Waals surface area contributed by atoms with Gasteiger partial charge < -0.3 is 25.6 Å². The minimum absolute atomic E-state index is 0.0421. The highest BCUT2D eigenvalue weighted by atomic mass is 32.2. The number of primary sulfonamides is 1. The van der Waals surface area contributed by atoms with Gasteiger partial charge in [0.25, 0.3) is 0 Å². The van der Waals surface area contributed by atoms with Gasteiger partial charge in [0.2, 0.25) is 16.4 Å². The normalized spacial score (nSPS) is 12.4. The number of ether oxygens (including phenoxy) is 1. The Balaban J connectivity index is 1.45. The number of phenols is 1. The number of nitrogens with two attached hydrogens (primary N) is 1. The first-order valence-electron chi connectivity index (χ1n) is 11.9. The molecular weight excluding hydrogens is 470 g/mol. The summed E-state index contributed by atoms with van der Waals surface area (Å²) in [5.74, 6) is -0.0421. The predicted molar refractivity (Wildman–Crippen MR) is 136 cm³/mol. The van der Waals surface area contributed by atoms with Crippen LogP contribution in [-0.2, 0) is 26.0 Å². The van der Waals surface area contributed by atoms with Gasteiger partial charge in [0.15, 0.2) is 0 Å². The number of hydrogen-bond donors (Lipinski definition) is 5. The van der Waals surface area contributed by atoms with E-state index in [0.29, 0.717) is 25.1 Å². The van der Waals surface area contributed by atoms with Crippen molar-refractivity contribution in [2.45, 2.75) is 55.9 Å². The third-order valence-corrected chi connectivity index (χ3v) is 6.49. The first-order chi connectivity index (χ1) is 16.8. The number of benzene rings is 2. The summed E-state index contributed by atoms with van der Waals surface area (Å²) in [5.41, 5.74) is 1.83. The molecule has 35 heavy (non-hydrogen) atoms. The maximum atomic E-state index is 11.4. The molecule has 2 rings (SSSR count). The van der Waals surface area contributed by atoms with Crippen molar-refractivity contribution in [3.05, 3.63) is 53.6 Å². The van der Waals surface area contributed by atoms with E-state index in [1.807, 2.05) is 6.07 Å². The molecule has 0 unspecified atom stereocenters. The molecule has 0 aliphatic carbocycles. The minimum atomic E-state index is -3.67. The molecule has 0 spiro atoms. The van der Waals surface area contributed by atoms with Crippen LogP contribution in [-0.4, -0.2) is 51.3 Å². The Morgan fingerprint density at radius 1 is 1.00 bits per heavy atom. The fraction of sp³-hybridized carbons (Fsp3) is 0.480. The lowest BCUT2D eigenvalue weighted by Crippen LogP contribution is -2.22. The quantitative estimate of drug-likeness (QED) is 0.118. The molecule has 1 atom stereocenters. The summed E-state index contributed by atoms with van der Waals surface area (Å²) in [6.07, 6.45) is 6.65. The zero-order valence-electron chi connectivity index (χ0n) is 20.0. The van der Waals surface area contributed by atoms with E-state index in [0.717, 1.165) is 63.7 Å². The Labute approximate surface area is 207 Å². The second-order valence-electron chi connectivity index (χ2n) is 8.43. The van der Waals surface area contributed by atoms with Crippen LogP contribution in [0.5, 0.6) is 5.75 Å². The maximum Gasteiger partial charge on any atom is 0.238 e. The van der Waals surface area contributed by atoms with Gasteiger partial charge in [-0.2, -0.15) is 0 Å². The lowest BCUT2D eigenvalue weighted by molar-refractivity contribution is -0.105. The fourth-order valence-electron chi connectivity index (χ4n) is 3.64. The monoisotopic (exact) mass is 507 g/mol. The largest absolute Gasteiger partial charge is 0.506 e. The van der Waals surface area contributed by atoms with Crippen molar-refractivity contribution in [3.63, 3.8) is 0 Å². The number of aryl methyl sites for hydroxylation is 1. The molecule has 0 aliphatic heterocycles. The Bertz CT molecular complexity index is 1020. The smallest absolute Gasteiger partial charge is 0.238 e. The summed E-state index contributed by atoms with van der Waals surface area (Å²) in [6.45, 7) is 2.55. The van der Waals surface area contributed by atoms with Gasteiger partial charge in [-0.3, -0.25) is 4.79 Å². The van der Waals surface area contributed by atoms with E-state index in [-0.39, 0.29) is 16.3 Å². The van der Waals surface area contributed by atoms with Crippen molar-refractivity contribution in [1.29, 1.82) is 0 Å². The molecule has 0 fully saturated rings. The van der Waals surface area contributed by atoms with E-state index in [4.69, 9.17) is 9.88 Å². The number of sulfonamides is 1. The van der Waals surface area contributed by atoms with E-state index in [1.54, 1.807) is 24.3 Å². The summed E-state index contributed by atoms with van der Waals surface area (Å²) in [6, 6.07) is 11.3. The topological polar surface area (TPSA) is 151 Å². The zero-order chi connectivity index (χ0) is 25.5. The Kier molecular flexibility index (Phi) is 12.7. The number of rotatable bonds is 18. The summed E-state index contributed by atoms with van der Waals surface area (Å²) >= 11 is 0. The van der Waals surface area contributed by atoms with Gasteiger partial charge in [0, 0.05) is 19.8 Å². The summed E-state index contributed by atoms with van der Waals surface area (Å²) < 4.78 is 28.5. The minimum Gasteiger partial charge on any atom is -0.506 e. The van der Waals surface area contributed by atoms with Gasteiger partial charge in [-0.05, 0) is 67.6 Å². The molecule has 0 aliphatic rings. The maximum absolute atomic E-state index is 11.4. The number of amides is 1. The van der Waals surface area contributed by atoms with Crippen molar-refractivity contribution in [1.82, 2.24) is 5.32 Å². The van der Waals surface area contributed by atoms with Gasteiger partial charge >= 0.3 is 0 Å². The molecule has 194 valence electrons. The lowest BCUT2D eigenvalue weighted by atomic mass is 10.1. The number of aromatic hydroxyl groups is 1. The van der Waals surface area contributed by atoms with Crippen LogP contribution in [0.2, 0.25) is 0 Å². The van der Waals surface area contributed by atoms with E-state index in [1.165, 1.54) is 12.1 Å². The fourth-order valence-corrected chi connectivity index (χ4v) is 4.22. The Hall–Kier alpha value is -2.50. The Morgan fingerprint density at radius 2 is 1.74 bits per heavy atom. The average Bonchev–Trinajstić information content (AvgIpc) is 2.83. The highest BCUT2D eigenvalue weighted by Crippen LogP contribution is 2.26. The number of anilines is 1. The van der Waals surface area contributed by atoms with Crippen LogP contribution in [0.3, 0.4) is 0 Å². The van der Waals surface area contributed by atoms with Crippen LogP contribution in [0.15, 0.2) is 47.4 Å². The van der Waals surface area contributed by atoms with E-state index in [9.17, 15) is 23.4 Å². The van der Waals surface area contributed by atoms with Crippen LogP contribution in [0.25, 0.3) is 0 Å². The molecule has 1 amide bonds. The van der Waals surface area contributed by atoms with Gasteiger partial charge in [-0.1, -0.05) is 37.5 Å². The van der Waals surface area contributed by atoms with Crippen molar-refractivity contribution in [2.24, 2.45) is 5.14 Å². The van der Waals surface area contributed by atoms with Gasteiger partial charge in [0.05, 0.1) is 16.7 Å². The predicted octanol–water partition coefficient (Wildman–Crippen LogP) is 2.83. The van der Waals surface area contributed by atoms with Crippen molar-refractivity contribution in [2.75, 3.05) is 31.6 Å². The molecule has 2 aromatic rings. The van der Waals surface area contributed by atoms with E-state index in [2.05, 4.69) is 10.6 Å². The number of aliphatic hydroxyl groups excluding tert-OH is 1. The van der Waals surface area contributed by atoms with Crippen molar-refractivity contribution in [3.8, 4) is 5.75 Å². The number of carbonyl (C=O) groups is 1. The number of carbonyl (C=O) groups excluding carboxylic acids is 1. The van der Waals surface area contributed by atoms with Gasteiger partial charge in [0.1, 0.15) is 5.75 Å². The highest BCUT2D eigenvalue weighted by molar-refractivity contribution is 7.89. The lowest BCUT2D eigenvalue weighted by Gasteiger charge is -2.14. The van der Waals surface area contributed by atoms with Crippen LogP contribution in [0.4, 0.5) is 5.69 Å². The molecule has 0 aromatic heterocycles. The second-order valence-corrected chi connectivity index (χ2v) is 10.00. The molecule has 0 radical (unpaired) electrons. The summed E-state index contributed by atoms with van der Waals surface area (Å²) in [4.78, 5) is 10.7. The third kappa shape index (κ3) is 11.2. The summed E-state index contributed by atoms with van der Waals surface area (Å²) in [7, 11) is -3.67. The first-order valence-corrected chi connectivity index (χ1v) is 13.5. The van der Waals surface area contributed by atoms with Crippen LogP contribution < -0.4 is 15.8 Å². The average molecular weight is 508 g/mol. The number of phenolic OH excluding ortho intramolecular Hbond substituents is 1. The number of hydrogen-bond acceptors (Lipinski definition) is 7. The highest BCUT2D eigenvalue weighted by Gasteiger charge is 2.10. The van der Waals surface area contributed by atoms with Crippen molar-refractivity contribution >= 4 is 22.1 Å². The summed E-state index contributed by atoms with van der Waals surface area (Å²) in [5, 5.41) is 30.7. The molecular formula is C25H37N3O6S. The van der Waals surface area contributed by atoms with E-state index >= 15 is 0 Å². The number of nitrogens with one attached hydrogen (secondary N) is 2. The SMILES string of the molecule is NS(=O)(=O)c1cccc(CCCOCCCCCCCNC[C@H](O)c2ccc(O)c(NC=O)c2)c1. The second kappa shape index (κ2) is 15.5. The van der Waals surface area contributed by atoms with Crippen LogP contribution >= 0.6 is 0 Å². The molecule has 0 heterocycles. The third-order valence-electron chi connectivity index (χ3n) is 5.58. The molecule has 0 saturated heterocycles. The molecule has 0 bridgehead atoms.